The van der Waals surface area contributed by atoms with Crippen molar-refractivity contribution in [2.45, 2.75) is 12.7 Å². The van der Waals surface area contributed by atoms with Gasteiger partial charge in [0.05, 0.1) is 11.3 Å². The van der Waals surface area contributed by atoms with Crippen molar-refractivity contribution in [2.24, 2.45) is 7.05 Å². The van der Waals surface area contributed by atoms with E-state index in [1.165, 1.54) is 19.2 Å². The van der Waals surface area contributed by atoms with E-state index in [2.05, 4.69) is 10.0 Å². The number of hydrogen-bond acceptors (Lipinski definition) is 4. The third-order valence-electron chi connectivity index (χ3n) is 3.68. The van der Waals surface area contributed by atoms with E-state index in [1.54, 1.807) is 42.9 Å². The Morgan fingerprint density at radius 2 is 1.71 bits per heavy atom. The molecule has 24 heavy (non-hydrogen) atoms. The van der Waals surface area contributed by atoms with Gasteiger partial charge in [-0.1, -0.05) is 12.1 Å². The van der Waals surface area contributed by atoms with Crippen molar-refractivity contribution in [3.8, 4) is 0 Å². The molecular formula is C16H19N3O4S. The minimum Gasteiger partial charge on any atom is -0.355 e. The predicted molar refractivity (Wildman–Crippen MR) is 90.1 cm³/mol. The second-order valence-electron chi connectivity index (χ2n) is 5.39. The van der Waals surface area contributed by atoms with Crippen LogP contribution in [0.1, 0.15) is 32.0 Å². The van der Waals surface area contributed by atoms with Gasteiger partial charge in [0.15, 0.2) is 0 Å². The molecule has 0 fully saturated rings. The van der Waals surface area contributed by atoms with Crippen LogP contribution in [-0.2, 0) is 22.8 Å². The fourth-order valence-electron chi connectivity index (χ4n) is 2.20. The monoisotopic (exact) mass is 349 g/mol. The number of carbonyl (C=O) groups excluding carboxylic acids is 2. The zero-order valence-corrected chi connectivity index (χ0v) is 14.5. The van der Waals surface area contributed by atoms with Gasteiger partial charge in [0.1, 0.15) is 0 Å². The molecule has 0 atom stereocenters. The first-order valence-corrected chi connectivity index (χ1v) is 8.86. The molecule has 0 aliphatic rings. The molecule has 128 valence electrons. The van der Waals surface area contributed by atoms with Gasteiger partial charge in [-0.15, -0.1) is 0 Å². The third-order valence-corrected chi connectivity index (χ3v) is 4.89. The topological polar surface area (TPSA) is 97.3 Å². The summed E-state index contributed by atoms with van der Waals surface area (Å²) in [5.41, 5.74) is 1.91. The SMILES string of the molecule is CNC(=O)c1ccc(CS(=O)(=O)NC(=O)c2ccn(C)c2C)cc1. The number of nitrogens with one attached hydrogen (secondary N) is 2. The number of aromatic nitrogens is 1. The average molecular weight is 349 g/mol. The summed E-state index contributed by atoms with van der Waals surface area (Å²) in [6.45, 7) is 1.74. The largest absolute Gasteiger partial charge is 0.355 e. The Hall–Kier alpha value is -2.61. The molecule has 1 heterocycles. The molecule has 0 radical (unpaired) electrons. The molecule has 0 aliphatic carbocycles. The molecule has 0 unspecified atom stereocenters. The Morgan fingerprint density at radius 3 is 2.21 bits per heavy atom. The molecule has 0 spiro atoms. The number of carbonyl (C=O) groups is 2. The van der Waals surface area contributed by atoms with E-state index in [9.17, 15) is 18.0 Å². The molecule has 7 nitrogen and oxygen atoms in total. The van der Waals surface area contributed by atoms with Crippen LogP contribution in [0.5, 0.6) is 0 Å². The van der Waals surface area contributed by atoms with E-state index in [1.807, 2.05) is 0 Å². The maximum Gasteiger partial charge on any atom is 0.266 e. The van der Waals surface area contributed by atoms with E-state index in [0.717, 1.165) is 0 Å². The highest BCUT2D eigenvalue weighted by Crippen LogP contribution is 2.11. The summed E-state index contributed by atoms with van der Waals surface area (Å²) in [7, 11) is -0.549. The van der Waals surface area contributed by atoms with Crippen LogP contribution in [0.3, 0.4) is 0 Å². The second-order valence-corrected chi connectivity index (χ2v) is 7.11. The van der Waals surface area contributed by atoms with Crippen LogP contribution in [0.4, 0.5) is 0 Å². The number of hydrogen-bond donors (Lipinski definition) is 2. The van der Waals surface area contributed by atoms with Crippen molar-refractivity contribution in [2.75, 3.05) is 7.05 Å². The molecule has 1 aromatic carbocycles. The zero-order valence-electron chi connectivity index (χ0n) is 13.7. The number of rotatable bonds is 5. The zero-order chi connectivity index (χ0) is 17.9. The summed E-state index contributed by atoms with van der Waals surface area (Å²) >= 11 is 0. The maximum absolute atomic E-state index is 12.2. The summed E-state index contributed by atoms with van der Waals surface area (Å²) < 4.78 is 28.1. The number of benzene rings is 1. The molecule has 8 heteroatoms. The van der Waals surface area contributed by atoms with Gasteiger partial charge in [0.2, 0.25) is 10.0 Å². The fourth-order valence-corrected chi connectivity index (χ4v) is 3.29. The Morgan fingerprint density at radius 1 is 1.08 bits per heavy atom. The van der Waals surface area contributed by atoms with Crippen molar-refractivity contribution >= 4 is 21.8 Å². The molecule has 0 saturated carbocycles. The molecule has 0 saturated heterocycles. The van der Waals surface area contributed by atoms with E-state index in [-0.39, 0.29) is 11.7 Å². The van der Waals surface area contributed by atoms with Crippen LogP contribution in [0.25, 0.3) is 0 Å². The van der Waals surface area contributed by atoms with Crippen molar-refractivity contribution < 1.29 is 18.0 Å². The predicted octanol–water partition coefficient (Wildman–Crippen LogP) is 0.953. The van der Waals surface area contributed by atoms with Gasteiger partial charge in [0, 0.05) is 31.5 Å². The molecule has 2 aromatic rings. The summed E-state index contributed by atoms with van der Waals surface area (Å²) in [5, 5.41) is 2.48. The molecule has 2 amide bonds. The highest BCUT2D eigenvalue weighted by atomic mass is 32.2. The summed E-state index contributed by atoms with van der Waals surface area (Å²) in [6, 6.07) is 7.72. The first kappa shape index (κ1) is 17.7. The molecule has 2 N–H and O–H groups in total. The van der Waals surface area contributed by atoms with Gasteiger partial charge in [0.25, 0.3) is 11.8 Å². The number of nitrogens with zero attached hydrogens (tertiary/aromatic N) is 1. The van der Waals surface area contributed by atoms with Crippen molar-refractivity contribution in [1.29, 1.82) is 0 Å². The lowest BCUT2D eigenvalue weighted by Gasteiger charge is -2.08. The Kier molecular flexibility index (Phi) is 5.08. The summed E-state index contributed by atoms with van der Waals surface area (Å²) in [5.74, 6) is -1.26. The van der Waals surface area contributed by atoms with Crippen molar-refractivity contribution in [3.63, 3.8) is 0 Å². The summed E-state index contributed by atoms with van der Waals surface area (Å²) in [6.07, 6.45) is 1.69. The number of aryl methyl sites for hydroxylation is 1. The Bertz CT molecular complexity index is 867. The normalized spacial score (nSPS) is 11.1. The van der Waals surface area contributed by atoms with Crippen LogP contribution in [-0.4, -0.2) is 31.8 Å². The Balaban J connectivity index is 2.09. The molecule has 1 aromatic heterocycles. The minimum absolute atomic E-state index is 0.253. The lowest BCUT2D eigenvalue weighted by atomic mass is 10.1. The van der Waals surface area contributed by atoms with Gasteiger partial charge in [-0.3, -0.25) is 9.59 Å². The van der Waals surface area contributed by atoms with Crippen molar-refractivity contribution in [3.05, 3.63) is 58.9 Å². The van der Waals surface area contributed by atoms with Gasteiger partial charge >= 0.3 is 0 Å². The molecule has 0 aliphatic heterocycles. The van der Waals surface area contributed by atoms with Gasteiger partial charge in [-0.25, -0.2) is 13.1 Å². The lowest BCUT2D eigenvalue weighted by Crippen LogP contribution is -2.32. The molecule has 2 rings (SSSR count). The number of sulfonamides is 1. The smallest absolute Gasteiger partial charge is 0.266 e. The van der Waals surface area contributed by atoms with E-state index in [4.69, 9.17) is 0 Å². The quantitative estimate of drug-likeness (QED) is 0.840. The van der Waals surface area contributed by atoms with Crippen LogP contribution in [0.15, 0.2) is 36.5 Å². The fraction of sp³-hybridized carbons (Fsp3) is 0.250. The van der Waals surface area contributed by atoms with E-state index < -0.39 is 15.9 Å². The first-order chi connectivity index (χ1) is 11.2. The maximum atomic E-state index is 12.2. The van der Waals surface area contributed by atoms with E-state index >= 15 is 0 Å². The average Bonchev–Trinajstić information content (AvgIpc) is 2.86. The van der Waals surface area contributed by atoms with Crippen LogP contribution < -0.4 is 10.0 Å². The summed E-state index contributed by atoms with van der Waals surface area (Å²) in [4.78, 5) is 23.6. The van der Waals surface area contributed by atoms with E-state index in [0.29, 0.717) is 22.4 Å². The minimum atomic E-state index is -3.84. The lowest BCUT2D eigenvalue weighted by molar-refractivity contribution is 0.0959. The van der Waals surface area contributed by atoms with Gasteiger partial charge in [-0.2, -0.15) is 0 Å². The Labute approximate surface area is 140 Å². The highest BCUT2D eigenvalue weighted by Gasteiger charge is 2.19. The molecular weight excluding hydrogens is 330 g/mol. The van der Waals surface area contributed by atoms with Gasteiger partial charge < -0.3 is 9.88 Å². The number of amides is 2. The van der Waals surface area contributed by atoms with Crippen LogP contribution >= 0.6 is 0 Å². The standard InChI is InChI=1S/C16H19N3O4S/c1-11-14(8-9-19(11)3)16(21)18-24(22,23)10-12-4-6-13(7-5-12)15(20)17-2/h4-9H,10H2,1-3H3,(H,17,20)(H,18,21). The van der Waals surface area contributed by atoms with Crippen LogP contribution in [0, 0.1) is 6.92 Å². The highest BCUT2D eigenvalue weighted by molar-refractivity contribution is 7.89. The molecule has 0 bridgehead atoms. The van der Waals surface area contributed by atoms with Crippen LogP contribution in [0.2, 0.25) is 0 Å². The van der Waals surface area contributed by atoms with Gasteiger partial charge in [-0.05, 0) is 30.7 Å². The second kappa shape index (κ2) is 6.88. The first-order valence-electron chi connectivity index (χ1n) is 7.21. The van der Waals surface area contributed by atoms with Crippen molar-refractivity contribution in [1.82, 2.24) is 14.6 Å². The third kappa shape index (κ3) is 4.02.